The molecule has 0 saturated heterocycles. The number of nitrogens with one attached hydrogen (secondary N) is 2. The predicted octanol–water partition coefficient (Wildman–Crippen LogP) is 3.87. The lowest BCUT2D eigenvalue weighted by Crippen LogP contribution is -2.13. The Kier molecular flexibility index (Phi) is 5.43. The second-order valence-corrected chi connectivity index (χ2v) is 5.79. The van der Waals surface area contributed by atoms with Gasteiger partial charge in [-0.2, -0.15) is 0 Å². The number of nitrogens with zero attached hydrogens (tertiary/aromatic N) is 1. The lowest BCUT2D eigenvalue weighted by Gasteiger charge is -2.07. The van der Waals surface area contributed by atoms with Crippen molar-refractivity contribution in [1.29, 1.82) is 0 Å². The van der Waals surface area contributed by atoms with Crippen molar-refractivity contribution >= 4 is 23.2 Å². The van der Waals surface area contributed by atoms with Crippen molar-refractivity contribution in [3.05, 3.63) is 66.7 Å². The molecule has 3 aromatic rings. The molecule has 0 aliphatic rings. The standard InChI is InChI=1S/C20H19N3O3/c1-14(24)22-16-8-5-9-17(12-16)23-19(25)10-11-20-21-13-18(26-20)15-6-3-2-4-7-15/h2-9,12-13H,10-11H2,1H3,(H,22,24)(H,23,25). The van der Waals surface area contributed by atoms with Crippen LogP contribution < -0.4 is 10.6 Å². The minimum Gasteiger partial charge on any atom is -0.441 e. The quantitative estimate of drug-likeness (QED) is 0.707. The third kappa shape index (κ3) is 4.80. The fraction of sp³-hybridized carbons (Fsp3) is 0.150. The van der Waals surface area contributed by atoms with Gasteiger partial charge in [-0.15, -0.1) is 0 Å². The van der Waals surface area contributed by atoms with Crippen LogP contribution in [0.5, 0.6) is 0 Å². The number of carbonyl (C=O) groups is 2. The summed E-state index contributed by atoms with van der Waals surface area (Å²) in [7, 11) is 0. The summed E-state index contributed by atoms with van der Waals surface area (Å²) in [6.45, 7) is 1.44. The smallest absolute Gasteiger partial charge is 0.224 e. The van der Waals surface area contributed by atoms with Gasteiger partial charge in [0, 0.05) is 36.7 Å². The van der Waals surface area contributed by atoms with E-state index in [1.807, 2.05) is 30.3 Å². The molecule has 2 aromatic carbocycles. The summed E-state index contributed by atoms with van der Waals surface area (Å²) < 4.78 is 5.69. The zero-order chi connectivity index (χ0) is 18.4. The summed E-state index contributed by atoms with van der Waals surface area (Å²) in [5, 5.41) is 5.48. The molecule has 26 heavy (non-hydrogen) atoms. The SMILES string of the molecule is CC(=O)Nc1cccc(NC(=O)CCc2ncc(-c3ccccc3)o2)c1. The lowest BCUT2D eigenvalue weighted by atomic mass is 10.2. The summed E-state index contributed by atoms with van der Waals surface area (Å²) in [5.41, 5.74) is 2.21. The van der Waals surface area contributed by atoms with E-state index in [1.165, 1.54) is 6.92 Å². The van der Waals surface area contributed by atoms with Crippen LogP contribution in [0.15, 0.2) is 65.2 Å². The summed E-state index contributed by atoms with van der Waals surface area (Å²) in [6.07, 6.45) is 2.32. The Labute approximate surface area is 151 Å². The number of hydrogen-bond donors (Lipinski definition) is 2. The molecule has 2 N–H and O–H groups in total. The maximum atomic E-state index is 12.1. The molecule has 0 aliphatic heterocycles. The molecule has 2 amide bonds. The Morgan fingerprint density at radius 1 is 1.00 bits per heavy atom. The van der Waals surface area contributed by atoms with Gasteiger partial charge >= 0.3 is 0 Å². The molecule has 0 saturated carbocycles. The van der Waals surface area contributed by atoms with Crippen LogP contribution in [0.2, 0.25) is 0 Å². The minimum absolute atomic E-state index is 0.149. The molecular formula is C20H19N3O3. The Morgan fingerprint density at radius 3 is 2.46 bits per heavy atom. The van der Waals surface area contributed by atoms with Gasteiger partial charge in [0.1, 0.15) is 0 Å². The first-order chi connectivity index (χ1) is 12.6. The Morgan fingerprint density at radius 2 is 1.73 bits per heavy atom. The number of oxazole rings is 1. The highest BCUT2D eigenvalue weighted by Gasteiger charge is 2.09. The van der Waals surface area contributed by atoms with Crippen LogP contribution in [0, 0.1) is 0 Å². The van der Waals surface area contributed by atoms with Gasteiger partial charge < -0.3 is 15.1 Å². The van der Waals surface area contributed by atoms with E-state index < -0.39 is 0 Å². The van der Waals surface area contributed by atoms with Crippen LogP contribution >= 0.6 is 0 Å². The maximum absolute atomic E-state index is 12.1. The summed E-state index contributed by atoms with van der Waals surface area (Å²) in [5.74, 6) is 0.894. The molecular weight excluding hydrogens is 330 g/mol. The largest absolute Gasteiger partial charge is 0.441 e. The van der Waals surface area contributed by atoms with E-state index >= 15 is 0 Å². The highest BCUT2D eigenvalue weighted by Crippen LogP contribution is 2.20. The number of aryl methyl sites for hydroxylation is 1. The molecule has 0 bridgehead atoms. The highest BCUT2D eigenvalue weighted by molar-refractivity contribution is 5.93. The maximum Gasteiger partial charge on any atom is 0.224 e. The third-order valence-electron chi connectivity index (χ3n) is 3.64. The van der Waals surface area contributed by atoms with Crippen molar-refractivity contribution in [2.24, 2.45) is 0 Å². The van der Waals surface area contributed by atoms with E-state index in [0.29, 0.717) is 29.4 Å². The van der Waals surface area contributed by atoms with Gasteiger partial charge in [-0.05, 0) is 18.2 Å². The molecule has 1 aromatic heterocycles. The lowest BCUT2D eigenvalue weighted by molar-refractivity contribution is -0.116. The molecule has 0 aliphatic carbocycles. The second-order valence-electron chi connectivity index (χ2n) is 5.79. The molecule has 0 radical (unpaired) electrons. The van der Waals surface area contributed by atoms with E-state index in [-0.39, 0.29) is 18.2 Å². The molecule has 6 nitrogen and oxygen atoms in total. The van der Waals surface area contributed by atoms with Crippen molar-refractivity contribution < 1.29 is 14.0 Å². The molecule has 3 rings (SSSR count). The number of rotatable bonds is 6. The molecule has 1 heterocycles. The molecule has 0 spiro atoms. The monoisotopic (exact) mass is 349 g/mol. The van der Waals surface area contributed by atoms with E-state index in [9.17, 15) is 9.59 Å². The van der Waals surface area contributed by atoms with E-state index in [0.717, 1.165) is 5.56 Å². The van der Waals surface area contributed by atoms with Crippen molar-refractivity contribution in [3.8, 4) is 11.3 Å². The first-order valence-electron chi connectivity index (χ1n) is 8.28. The molecule has 0 unspecified atom stereocenters. The average molecular weight is 349 g/mol. The topological polar surface area (TPSA) is 84.2 Å². The fourth-order valence-electron chi connectivity index (χ4n) is 2.48. The van der Waals surface area contributed by atoms with Crippen LogP contribution in [0.1, 0.15) is 19.2 Å². The first kappa shape index (κ1) is 17.4. The average Bonchev–Trinajstić information content (AvgIpc) is 3.09. The van der Waals surface area contributed by atoms with Gasteiger partial charge in [0.25, 0.3) is 0 Å². The van der Waals surface area contributed by atoms with Gasteiger partial charge in [0.15, 0.2) is 11.7 Å². The highest BCUT2D eigenvalue weighted by atomic mass is 16.4. The predicted molar refractivity (Wildman–Crippen MR) is 99.6 cm³/mol. The molecule has 132 valence electrons. The van der Waals surface area contributed by atoms with Crippen molar-refractivity contribution in [1.82, 2.24) is 4.98 Å². The minimum atomic E-state index is -0.161. The Balaban J connectivity index is 1.55. The van der Waals surface area contributed by atoms with Gasteiger partial charge in [-0.3, -0.25) is 9.59 Å². The second kappa shape index (κ2) is 8.11. The number of carbonyl (C=O) groups excluding carboxylic acids is 2. The van der Waals surface area contributed by atoms with Crippen LogP contribution in [0.25, 0.3) is 11.3 Å². The third-order valence-corrected chi connectivity index (χ3v) is 3.64. The molecule has 0 atom stereocenters. The van der Waals surface area contributed by atoms with Crippen LogP contribution in [0.3, 0.4) is 0 Å². The van der Waals surface area contributed by atoms with Crippen LogP contribution in [-0.4, -0.2) is 16.8 Å². The van der Waals surface area contributed by atoms with Crippen molar-refractivity contribution in [2.45, 2.75) is 19.8 Å². The number of amides is 2. The fourth-order valence-corrected chi connectivity index (χ4v) is 2.48. The van der Waals surface area contributed by atoms with Gasteiger partial charge in [-0.25, -0.2) is 4.98 Å². The van der Waals surface area contributed by atoms with Gasteiger partial charge in [0.05, 0.1) is 6.20 Å². The number of benzene rings is 2. The Bertz CT molecular complexity index is 903. The van der Waals surface area contributed by atoms with E-state index in [4.69, 9.17) is 4.42 Å². The summed E-state index contributed by atoms with van der Waals surface area (Å²) in [4.78, 5) is 27.4. The zero-order valence-electron chi connectivity index (χ0n) is 14.4. The molecule has 0 fully saturated rings. The van der Waals surface area contributed by atoms with Crippen molar-refractivity contribution in [2.75, 3.05) is 10.6 Å². The van der Waals surface area contributed by atoms with Gasteiger partial charge in [0.2, 0.25) is 11.8 Å². The summed E-state index contributed by atoms with van der Waals surface area (Å²) >= 11 is 0. The van der Waals surface area contributed by atoms with Gasteiger partial charge in [-0.1, -0.05) is 36.4 Å². The van der Waals surface area contributed by atoms with E-state index in [2.05, 4.69) is 15.6 Å². The normalized spacial score (nSPS) is 10.3. The Hall–Kier alpha value is -3.41. The number of hydrogen-bond acceptors (Lipinski definition) is 4. The van der Waals surface area contributed by atoms with Crippen molar-refractivity contribution in [3.63, 3.8) is 0 Å². The number of aromatic nitrogens is 1. The van der Waals surface area contributed by atoms with E-state index in [1.54, 1.807) is 30.5 Å². The zero-order valence-corrected chi connectivity index (χ0v) is 14.4. The summed E-state index contributed by atoms with van der Waals surface area (Å²) in [6, 6.07) is 16.7. The molecule has 6 heteroatoms. The number of anilines is 2. The van der Waals surface area contributed by atoms with Crippen LogP contribution in [-0.2, 0) is 16.0 Å². The first-order valence-corrected chi connectivity index (χ1v) is 8.28. The van der Waals surface area contributed by atoms with Crippen LogP contribution in [0.4, 0.5) is 11.4 Å².